The number of nitrogens with zero attached hydrogens (tertiary/aromatic N) is 2. The molecule has 1 spiro atoms. The van der Waals surface area contributed by atoms with E-state index in [0.717, 1.165) is 46.8 Å². The number of carbonyl (C=O) groups excluding carboxylic acids is 3. The van der Waals surface area contributed by atoms with Crippen LogP contribution >= 0.6 is 0 Å². The van der Waals surface area contributed by atoms with Gasteiger partial charge in [0.25, 0.3) is 0 Å². The number of benzene rings is 2. The van der Waals surface area contributed by atoms with Crippen LogP contribution in [0, 0.1) is 11.3 Å². The Kier molecular flexibility index (Phi) is 7.35. The van der Waals surface area contributed by atoms with E-state index < -0.39 is 10.8 Å². The molecule has 3 aliphatic rings. The van der Waals surface area contributed by atoms with Gasteiger partial charge >= 0.3 is 0 Å². The zero-order valence-electron chi connectivity index (χ0n) is 24.6. The zero-order valence-corrected chi connectivity index (χ0v) is 24.6. The van der Waals surface area contributed by atoms with Crippen molar-refractivity contribution in [3.05, 3.63) is 88.6 Å². The maximum atomic E-state index is 13.5. The molecule has 218 valence electrons. The van der Waals surface area contributed by atoms with Crippen LogP contribution in [0.4, 0.5) is 11.5 Å². The Bertz CT molecular complexity index is 1540. The third kappa shape index (κ3) is 5.68. The van der Waals surface area contributed by atoms with Crippen molar-refractivity contribution in [1.29, 1.82) is 0 Å². The Morgan fingerprint density at radius 3 is 2.55 bits per heavy atom. The maximum Gasteiger partial charge on any atom is 0.244 e. The molecule has 0 saturated heterocycles. The maximum absolute atomic E-state index is 13.5. The van der Waals surface area contributed by atoms with E-state index in [4.69, 9.17) is 0 Å². The van der Waals surface area contributed by atoms with E-state index in [2.05, 4.69) is 27.0 Å². The Balaban J connectivity index is 1.15. The quantitative estimate of drug-likeness (QED) is 0.352. The number of nitrogens with one attached hydrogen (secondary N) is 3. The van der Waals surface area contributed by atoms with Crippen molar-refractivity contribution in [2.75, 3.05) is 23.7 Å². The van der Waals surface area contributed by atoms with Crippen molar-refractivity contribution in [3.63, 3.8) is 0 Å². The van der Waals surface area contributed by atoms with Crippen LogP contribution in [0.15, 0.2) is 60.8 Å². The number of hydrogen-bond donors (Lipinski definition) is 3. The molecule has 1 atom stereocenters. The van der Waals surface area contributed by atoms with E-state index >= 15 is 0 Å². The van der Waals surface area contributed by atoms with Crippen molar-refractivity contribution in [3.8, 4) is 0 Å². The van der Waals surface area contributed by atoms with Crippen LogP contribution in [0.1, 0.15) is 61.4 Å². The highest BCUT2D eigenvalue weighted by Crippen LogP contribution is 2.47. The standard InChI is InChI=1S/C34H39N5O3/c1-33(2,3)32(42)39(20-25-8-5-4-7-24(25)19-35-18-22-10-11-22)21-29(40)37-27-13-12-23-16-34(17-26(23)15-27)28-9-6-14-36-30(28)38-31(34)41/h4-9,12-15,22,35H,10-11,16-21H2,1-3H3,(H,37,40)(H,36,38,41). The van der Waals surface area contributed by atoms with Crippen molar-refractivity contribution in [2.45, 2.75) is 65.0 Å². The van der Waals surface area contributed by atoms with E-state index in [1.54, 1.807) is 11.1 Å². The van der Waals surface area contributed by atoms with Crippen molar-refractivity contribution in [1.82, 2.24) is 15.2 Å². The third-order valence-electron chi connectivity index (χ3n) is 8.65. The minimum absolute atomic E-state index is 0.0302. The first-order valence-corrected chi connectivity index (χ1v) is 14.9. The molecule has 1 saturated carbocycles. The lowest BCUT2D eigenvalue weighted by Crippen LogP contribution is -2.43. The number of pyridine rings is 1. The van der Waals surface area contributed by atoms with E-state index in [0.29, 0.717) is 30.9 Å². The van der Waals surface area contributed by atoms with Gasteiger partial charge in [-0.25, -0.2) is 4.98 Å². The minimum Gasteiger partial charge on any atom is -0.329 e. The number of aromatic nitrogens is 1. The predicted octanol–water partition coefficient (Wildman–Crippen LogP) is 4.58. The van der Waals surface area contributed by atoms with Crippen molar-refractivity contribution >= 4 is 29.2 Å². The fourth-order valence-electron chi connectivity index (χ4n) is 6.22. The molecule has 1 aromatic heterocycles. The highest BCUT2D eigenvalue weighted by molar-refractivity contribution is 6.06. The molecule has 6 rings (SSSR count). The number of rotatable bonds is 9. The summed E-state index contributed by atoms with van der Waals surface area (Å²) in [4.78, 5) is 45.9. The van der Waals surface area contributed by atoms with Gasteiger partial charge in [-0.1, -0.05) is 57.2 Å². The molecule has 2 aliphatic carbocycles. The van der Waals surface area contributed by atoms with Gasteiger partial charge in [-0.05, 0) is 78.6 Å². The van der Waals surface area contributed by atoms with Gasteiger partial charge in [0.05, 0.1) is 5.41 Å². The topological polar surface area (TPSA) is 103 Å². The third-order valence-corrected chi connectivity index (χ3v) is 8.65. The van der Waals surface area contributed by atoms with Crippen LogP contribution in [0.3, 0.4) is 0 Å². The SMILES string of the molecule is CC(C)(C)C(=O)N(CC(=O)Nc1ccc2c(c1)CC1(C2)C(=O)Nc2ncccc21)Cc1ccccc1CNCC1CC1. The lowest BCUT2D eigenvalue weighted by atomic mass is 9.79. The molecule has 1 unspecified atom stereocenters. The average Bonchev–Trinajstić information content (AvgIpc) is 3.64. The zero-order chi connectivity index (χ0) is 29.5. The fourth-order valence-corrected chi connectivity index (χ4v) is 6.22. The monoisotopic (exact) mass is 565 g/mol. The van der Waals surface area contributed by atoms with Gasteiger partial charge in [-0.15, -0.1) is 0 Å². The Labute approximate surface area is 247 Å². The smallest absolute Gasteiger partial charge is 0.244 e. The molecule has 1 fully saturated rings. The molecule has 42 heavy (non-hydrogen) atoms. The van der Waals surface area contributed by atoms with Crippen LogP contribution in [0.25, 0.3) is 0 Å². The summed E-state index contributed by atoms with van der Waals surface area (Å²) in [6, 6.07) is 17.8. The van der Waals surface area contributed by atoms with Crippen LogP contribution in [-0.4, -0.2) is 40.7 Å². The molecule has 8 heteroatoms. The van der Waals surface area contributed by atoms with Crippen molar-refractivity contribution < 1.29 is 14.4 Å². The molecular weight excluding hydrogens is 526 g/mol. The molecule has 3 amide bonds. The normalized spacial score (nSPS) is 18.9. The van der Waals surface area contributed by atoms with E-state index in [1.165, 1.54) is 12.8 Å². The molecule has 2 aromatic carbocycles. The Hall–Kier alpha value is -4.04. The number of amides is 3. The molecule has 3 N–H and O–H groups in total. The summed E-state index contributed by atoms with van der Waals surface area (Å²) in [5.74, 6) is 1.06. The second-order valence-electron chi connectivity index (χ2n) is 13.1. The summed E-state index contributed by atoms with van der Waals surface area (Å²) < 4.78 is 0. The second-order valence-corrected chi connectivity index (χ2v) is 13.1. The summed E-state index contributed by atoms with van der Waals surface area (Å²) in [6.45, 7) is 7.71. The second kappa shape index (κ2) is 11.0. The van der Waals surface area contributed by atoms with E-state index in [1.807, 2.05) is 69.3 Å². The van der Waals surface area contributed by atoms with E-state index in [9.17, 15) is 14.4 Å². The number of fused-ring (bicyclic) bond motifs is 3. The van der Waals surface area contributed by atoms with Gasteiger partial charge < -0.3 is 20.9 Å². The molecule has 8 nitrogen and oxygen atoms in total. The summed E-state index contributed by atoms with van der Waals surface area (Å²) >= 11 is 0. The fraction of sp³-hybridized carbons (Fsp3) is 0.412. The van der Waals surface area contributed by atoms with Gasteiger partial charge in [0.15, 0.2) is 0 Å². The molecule has 2 heterocycles. The lowest BCUT2D eigenvalue weighted by Gasteiger charge is -2.30. The van der Waals surface area contributed by atoms with Gasteiger partial charge in [0, 0.05) is 36.0 Å². The summed E-state index contributed by atoms with van der Waals surface area (Å²) in [6.07, 6.45) is 5.43. The van der Waals surface area contributed by atoms with Gasteiger partial charge in [-0.3, -0.25) is 14.4 Å². The van der Waals surface area contributed by atoms with Gasteiger partial charge in [0.2, 0.25) is 17.7 Å². The van der Waals surface area contributed by atoms with Gasteiger partial charge in [0.1, 0.15) is 12.4 Å². The Morgan fingerprint density at radius 1 is 1.02 bits per heavy atom. The van der Waals surface area contributed by atoms with Crippen LogP contribution in [0.2, 0.25) is 0 Å². The van der Waals surface area contributed by atoms with Crippen LogP contribution in [0.5, 0.6) is 0 Å². The highest BCUT2D eigenvalue weighted by Gasteiger charge is 2.51. The number of hydrogen-bond acceptors (Lipinski definition) is 5. The minimum atomic E-state index is -0.661. The summed E-state index contributed by atoms with van der Waals surface area (Å²) in [5, 5.41) is 9.50. The lowest BCUT2D eigenvalue weighted by molar-refractivity contribution is -0.142. The highest BCUT2D eigenvalue weighted by atomic mass is 16.2. The predicted molar refractivity (Wildman–Crippen MR) is 163 cm³/mol. The van der Waals surface area contributed by atoms with E-state index in [-0.39, 0.29) is 24.3 Å². The molecule has 1 aliphatic heterocycles. The number of carbonyl (C=O) groups is 3. The summed E-state index contributed by atoms with van der Waals surface area (Å²) in [7, 11) is 0. The molecule has 0 radical (unpaired) electrons. The first kappa shape index (κ1) is 28.1. The van der Waals surface area contributed by atoms with Crippen LogP contribution < -0.4 is 16.0 Å². The molecule has 3 aromatic rings. The average molecular weight is 566 g/mol. The van der Waals surface area contributed by atoms with Gasteiger partial charge in [-0.2, -0.15) is 0 Å². The van der Waals surface area contributed by atoms with Crippen molar-refractivity contribution in [2.24, 2.45) is 11.3 Å². The molecular formula is C34H39N5O3. The largest absolute Gasteiger partial charge is 0.329 e. The van der Waals surface area contributed by atoms with Crippen LogP contribution in [-0.2, 0) is 45.7 Å². The Morgan fingerprint density at radius 2 is 1.79 bits per heavy atom. The first-order valence-electron chi connectivity index (χ1n) is 14.9. The number of anilines is 2. The first-order chi connectivity index (χ1) is 20.1. The molecule has 0 bridgehead atoms. The summed E-state index contributed by atoms with van der Waals surface area (Å²) in [5.41, 5.74) is 4.61.